The molecular formula is C26H39N5. The number of nitrogens with zero attached hydrogens (tertiary/aromatic N) is 4. The van der Waals surface area contributed by atoms with Crippen molar-refractivity contribution in [1.29, 1.82) is 0 Å². The van der Waals surface area contributed by atoms with Crippen LogP contribution in [-0.4, -0.2) is 58.3 Å². The Morgan fingerprint density at radius 1 is 1.13 bits per heavy atom. The molecule has 2 aliphatic heterocycles. The molecule has 2 saturated heterocycles. The largest absolute Gasteiger partial charge is 0.317 e. The highest BCUT2D eigenvalue weighted by atomic mass is 15.3. The van der Waals surface area contributed by atoms with Crippen molar-refractivity contribution >= 4 is 0 Å². The van der Waals surface area contributed by atoms with E-state index in [1.807, 2.05) is 17.9 Å². The molecule has 1 N–H and O–H groups in total. The first kappa shape index (κ1) is 21.2. The van der Waals surface area contributed by atoms with Gasteiger partial charge < -0.3 is 5.32 Å². The van der Waals surface area contributed by atoms with Gasteiger partial charge in [0, 0.05) is 57.1 Å². The first-order chi connectivity index (χ1) is 15.0. The van der Waals surface area contributed by atoms with E-state index in [1.165, 1.54) is 56.4 Å². The molecule has 31 heavy (non-hydrogen) atoms. The van der Waals surface area contributed by atoms with Crippen LogP contribution in [-0.2, 0) is 13.6 Å². The third-order valence-corrected chi connectivity index (χ3v) is 8.12. The number of nitrogens with one attached hydrogen (secondary N) is 1. The van der Waals surface area contributed by atoms with Crippen molar-refractivity contribution in [3.8, 4) is 0 Å². The summed E-state index contributed by atoms with van der Waals surface area (Å²) in [6, 6.07) is 10.5. The molecule has 1 atom stereocenters. The number of hydrogen-bond donors (Lipinski definition) is 1. The van der Waals surface area contributed by atoms with Crippen LogP contribution in [0.1, 0.15) is 68.2 Å². The van der Waals surface area contributed by atoms with Gasteiger partial charge in [-0.25, -0.2) is 0 Å². The predicted molar refractivity (Wildman–Crippen MR) is 126 cm³/mol. The summed E-state index contributed by atoms with van der Waals surface area (Å²) in [7, 11) is 2.01. The van der Waals surface area contributed by atoms with Gasteiger partial charge in [-0.3, -0.25) is 14.5 Å². The Morgan fingerprint density at radius 2 is 1.90 bits per heavy atom. The second-order valence-electron chi connectivity index (χ2n) is 10.6. The highest BCUT2D eigenvalue weighted by molar-refractivity contribution is 5.33. The van der Waals surface area contributed by atoms with Crippen LogP contribution >= 0.6 is 0 Å². The molecule has 2 aromatic rings. The summed E-state index contributed by atoms with van der Waals surface area (Å²) >= 11 is 0. The van der Waals surface area contributed by atoms with Crippen molar-refractivity contribution in [1.82, 2.24) is 24.9 Å². The molecule has 3 fully saturated rings. The lowest BCUT2D eigenvalue weighted by Crippen LogP contribution is -2.59. The van der Waals surface area contributed by atoms with E-state index in [0.29, 0.717) is 17.4 Å². The lowest BCUT2D eigenvalue weighted by Gasteiger charge is -2.57. The number of aryl methyl sites for hydroxylation is 1. The maximum atomic E-state index is 4.38. The summed E-state index contributed by atoms with van der Waals surface area (Å²) in [5.74, 6) is 0.559. The Hall–Kier alpha value is -1.69. The van der Waals surface area contributed by atoms with Gasteiger partial charge in [-0.1, -0.05) is 38.1 Å². The zero-order valence-corrected chi connectivity index (χ0v) is 19.6. The quantitative estimate of drug-likeness (QED) is 0.794. The molecule has 5 nitrogen and oxygen atoms in total. The fourth-order valence-electron chi connectivity index (χ4n) is 6.40. The molecule has 0 radical (unpaired) electrons. The van der Waals surface area contributed by atoms with Gasteiger partial charge in [-0.2, -0.15) is 5.10 Å². The first-order valence-electron chi connectivity index (χ1n) is 12.3. The molecule has 1 aromatic carbocycles. The van der Waals surface area contributed by atoms with Gasteiger partial charge in [0.15, 0.2) is 0 Å². The van der Waals surface area contributed by atoms with E-state index < -0.39 is 0 Å². The molecule has 1 aliphatic carbocycles. The van der Waals surface area contributed by atoms with Crippen LogP contribution in [0.3, 0.4) is 0 Å². The lowest BCUT2D eigenvalue weighted by molar-refractivity contribution is -0.0650. The Labute approximate surface area is 187 Å². The molecule has 0 unspecified atom stereocenters. The molecule has 5 rings (SSSR count). The van der Waals surface area contributed by atoms with Crippen LogP contribution in [0.25, 0.3) is 0 Å². The molecule has 1 spiro atoms. The highest BCUT2D eigenvalue weighted by Crippen LogP contribution is 2.52. The minimum atomic E-state index is 0.494. The van der Waals surface area contributed by atoms with Crippen molar-refractivity contribution in [2.24, 2.45) is 12.5 Å². The smallest absolute Gasteiger partial charge is 0.0534 e. The van der Waals surface area contributed by atoms with Gasteiger partial charge in [-0.15, -0.1) is 0 Å². The number of piperazine rings is 1. The monoisotopic (exact) mass is 421 g/mol. The SMILES string of the molecule is CC(C)c1ccccc1[C@H]1CN(Cc2cnn(C)c2)CCN1C1CC2(CCNCC2)C1. The minimum absolute atomic E-state index is 0.494. The second-order valence-corrected chi connectivity index (χ2v) is 10.6. The van der Waals surface area contributed by atoms with Crippen LogP contribution in [0.5, 0.6) is 0 Å². The van der Waals surface area contributed by atoms with Gasteiger partial charge >= 0.3 is 0 Å². The third kappa shape index (κ3) is 4.33. The van der Waals surface area contributed by atoms with Crippen LogP contribution < -0.4 is 5.32 Å². The maximum Gasteiger partial charge on any atom is 0.0534 e. The first-order valence-corrected chi connectivity index (χ1v) is 12.3. The Bertz CT molecular complexity index is 873. The summed E-state index contributed by atoms with van der Waals surface area (Å²) in [5, 5.41) is 7.95. The normalized spacial score (nSPS) is 25.2. The van der Waals surface area contributed by atoms with E-state index in [9.17, 15) is 0 Å². The van der Waals surface area contributed by atoms with Crippen LogP contribution in [0.2, 0.25) is 0 Å². The lowest BCUT2D eigenvalue weighted by atomic mass is 9.60. The maximum absolute atomic E-state index is 4.38. The van der Waals surface area contributed by atoms with E-state index in [4.69, 9.17) is 0 Å². The van der Waals surface area contributed by atoms with Crippen molar-refractivity contribution in [2.45, 2.75) is 64.1 Å². The third-order valence-electron chi connectivity index (χ3n) is 8.12. The molecule has 0 bridgehead atoms. The fourth-order valence-corrected chi connectivity index (χ4v) is 6.40. The Kier molecular flexibility index (Phi) is 5.93. The van der Waals surface area contributed by atoms with E-state index in [-0.39, 0.29) is 0 Å². The zero-order chi connectivity index (χ0) is 21.4. The van der Waals surface area contributed by atoms with Crippen molar-refractivity contribution in [3.63, 3.8) is 0 Å². The van der Waals surface area contributed by atoms with Gasteiger partial charge in [0.25, 0.3) is 0 Å². The summed E-state index contributed by atoms with van der Waals surface area (Å²) in [6.07, 6.45) is 9.73. The summed E-state index contributed by atoms with van der Waals surface area (Å²) in [4.78, 5) is 5.53. The number of hydrogen-bond acceptors (Lipinski definition) is 4. The molecule has 3 aliphatic rings. The number of benzene rings is 1. The summed E-state index contributed by atoms with van der Waals surface area (Å²) < 4.78 is 1.92. The van der Waals surface area contributed by atoms with Crippen molar-refractivity contribution < 1.29 is 0 Å². The minimum Gasteiger partial charge on any atom is -0.317 e. The van der Waals surface area contributed by atoms with Crippen LogP contribution in [0.4, 0.5) is 0 Å². The second kappa shape index (κ2) is 8.68. The highest BCUT2D eigenvalue weighted by Gasteiger charge is 2.49. The summed E-state index contributed by atoms with van der Waals surface area (Å²) in [5.41, 5.74) is 5.03. The molecule has 3 heterocycles. The molecular weight excluding hydrogens is 382 g/mol. The average molecular weight is 422 g/mol. The number of rotatable bonds is 5. The van der Waals surface area contributed by atoms with E-state index in [1.54, 1.807) is 5.56 Å². The van der Waals surface area contributed by atoms with E-state index >= 15 is 0 Å². The average Bonchev–Trinajstić information content (AvgIpc) is 3.17. The molecule has 1 aromatic heterocycles. The molecule has 1 saturated carbocycles. The fraction of sp³-hybridized carbons (Fsp3) is 0.654. The topological polar surface area (TPSA) is 36.3 Å². The van der Waals surface area contributed by atoms with Crippen LogP contribution in [0, 0.1) is 5.41 Å². The Balaban J connectivity index is 1.37. The van der Waals surface area contributed by atoms with E-state index in [2.05, 4.69) is 64.5 Å². The van der Waals surface area contributed by atoms with Crippen molar-refractivity contribution in [2.75, 3.05) is 32.7 Å². The van der Waals surface area contributed by atoms with Crippen molar-refractivity contribution in [3.05, 3.63) is 53.3 Å². The Morgan fingerprint density at radius 3 is 2.61 bits per heavy atom. The van der Waals surface area contributed by atoms with Gasteiger partial charge in [-0.05, 0) is 61.2 Å². The summed E-state index contributed by atoms with van der Waals surface area (Å²) in [6.45, 7) is 11.6. The molecule has 168 valence electrons. The van der Waals surface area contributed by atoms with Gasteiger partial charge in [0.1, 0.15) is 0 Å². The number of aromatic nitrogens is 2. The molecule has 0 amide bonds. The number of piperidine rings is 1. The standard InChI is InChI=1S/C26H39N5/c1-20(2)23-6-4-5-7-24(23)25-19-30(18-21-16-28-29(3)17-21)12-13-31(25)22-14-26(15-22)8-10-27-11-9-26/h4-7,16-17,20,22,25,27H,8-15,18-19H2,1-3H3/t25-/m1/s1. The zero-order valence-electron chi connectivity index (χ0n) is 19.6. The predicted octanol–water partition coefficient (Wildman–Crippen LogP) is 3.93. The van der Waals surface area contributed by atoms with E-state index in [0.717, 1.165) is 25.7 Å². The van der Waals surface area contributed by atoms with Gasteiger partial charge in [0.2, 0.25) is 0 Å². The van der Waals surface area contributed by atoms with Crippen LogP contribution in [0.15, 0.2) is 36.7 Å². The molecule has 5 heteroatoms. The van der Waals surface area contributed by atoms with Gasteiger partial charge in [0.05, 0.1) is 6.20 Å².